The van der Waals surface area contributed by atoms with E-state index in [-0.39, 0.29) is 23.7 Å². The monoisotopic (exact) mass is 191 g/mol. The lowest BCUT2D eigenvalue weighted by Crippen LogP contribution is -1.96. The summed E-state index contributed by atoms with van der Waals surface area (Å²) in [6, 6.07) is 1.06. The first-order valence-electron chi connectivity index (χ1n) is 2.76. The molecular formula is C6H6ClNO4. The quantitative estimate of drug-likeness (QED) is 0.646. The van der Waals surface area contributed by atoms with Crippen molar-refractivity contribution >= 4 is 24.3 Å². The van der Waals surface area contributed by atoms with E-state index >= 15 is 0 Å². The lowest BCUT2D eigenvalue weighted by molar-refractivity contribution is 0.0688. The van der Waals surface area contributed by atoms with Gasteiger partial charge in [-0.2, -0.15) is 0 Å². The zero-order valence-electron chi connectivity index (χ0n) is 5.77. The lowest BCUT2D eigenvalue weighted by atomic mass is 10.3. The van der Waals surface area contributed by atoms with Gasteiger partial charge in [0.25, 0.3) is 0 Å². The first-order valence-corrected chi connectivity index (χ1v) is 2.76. The number of hydrogen-bond donors (Lipinski definition) is 3. The summed E-state index contributed by atoms with van der Waals surface area (Å²) in [6.45, 7) is 0. The van der Waals surface area contributed by atoms with E-state index in [1.54, 1.807) is 0 Å². The van der Waals surface area contributed by atoms with Gasteiger partial charge in [-0.05, 0) is 6.07 Å². The predicted octanol–water partition coefficient (Wildman–Crippen LogP) is 0.833. The molecule has 1 heterocycles. The van der Waals surface area contributed by atoms with Gasteiger partial charge in [-0.15, -0.1) is 12.4 Å². The minimum Gasteiger partial charge on any atom is -0.478 e. The van der Waals surface area contributed by atoms with E-state index in [0.717, 1.165) is 12.3 Å². The van der Waals surface area contributed by atoms with Crippen molar-refractivity contribution in [3.05, 3.63) is 23.5 Å². The number of hydrogen-bond acceptors (Lipinski definition) is 2. The number of nitrogens with one attached hydrogen (secondary N) is 1. The molecule has 0 fully saturated rings. The number of aromatic amines is 1. The zero-order valence-corrected chi connectivity index (χ0v) is 6.59. The van der Waals surface area contributed by atoms with Crippen LogP contribution in [0, 0.1) is 0 Å². The Morgan fingerprint density at radius 3 is 2.08 bits per heavy atom. The standard InChI is InChI=1S/C6H5NO4.ClH/c8-5(9)3-1-4(6(10)11)7-2-3;/h1-2,7H,(H,8,9)(H,10,11);1H. The maximum atomic E-state index is 10.2. The molecule has 0 aliphatic heterocycles. The topological polar surface area (TPSA) is 90.4 Å². The average molecular weight is 192 g/mol. The average Bonchev–Trinajstić information content (AvgIpc) is 2.33. The molecule has 1 aromatic rings. The Balaban J connectivity index is 0.00000121. The smallest absolute Gasteiger partial charge is 0.352 e. The first kappa shape index (κ1) is 10.5. The fourth-order valence-electron chi connectivity index (χ4n) is 0.641. The Labute approximate surface area is 73.4 Å². The second-order valence-corrected chi connectivity index (χ2v) is 1.91. The number of carboxylic acid groups (broad SMARTS) is 2. The molecule has 0 aromatic carbocycles. The van der Waals surface area contributed by atoms with Crippen LogP contribution in [0.4, 0.5) is 0 Å². The van der Waals surface area contributed by atoms with Crippen molar-refractivity contribution in [2.45, 2.75) is 0 Å². The largest absolute Gasteiger partial charge is 0.478 e. The van der Waals surface area contributed by atoms with Crippen LogP contribution in [0.15, 0.2) is 12.3 Å². The second-order valence-electron chi connectivity index (χ2n) is 1.91. The van der Waals surface area contributed by atoms with E-state index in [0.29, 0.717) is 0 Å². The molecule has 0 spiro atoms. The van der Waals surface area contributed by atoms with Crippen LogP contribution in [-0.2, 0) is 0 Å². The molecular weight excluding hydrogens is 186 g/mol. The van der Waals surface area contributed by atoms with Crippen LogP contribution >= 0.6 is 12.4 Å². The molecule has 12 heavy (non-hydrogen) atoms. The highest BCUT2D eigenvalue weighted by molar-refractivity contribution is 5.92. The number of carboxylic acids is 2. The highest BCUT2D eigenvalue weighted by atomic mass is 35.5. The van der Waals surface area contributed by atoms with Crippen LogP contribution < -0.4 is 0 Å². The van der Waals surface area contributed by atoms with Gasteiger partial charge < -0.3 is 15.2 Å². The third kappa shape index (κ3) is 2.00. The molecule has 0 aliphatic carbocycles. The Bertz CT molecular complexity index is 278. The van der Waals surface area contributed by atoms with Crippen molar-refractivity contribution in [3.8, 4) is 0 Å². The second kappa shape index (κ2) is 3.77. The van der Waals surface area contributed by atoms with Crippen LogP contribution in [0.3, 0.4) is 0 Å². The van der Waals surface area contributed by atoms with Crippen molar-refractivity contribution in [3.63, 3.8) is 0 Å². The molecule has 3 N–H and O–H groups in total. The van der Waals surface area contributed by atoms with Gasteiger partial charge in [0, 0.05) is 6.20 Å². The summed E-state index contributed by atoms with van der Waals surface area (Å²) in [5, 5.41) is 16.7. The summed E-state index contributed by atoms with van der Waals surface area (Å²) in [6.07, 6.45) is 1.13. The molecule has 0 saturated heterocycles. The third-order valence-corrected chi connectivity index (χ3v) is 1.16. The number of aromatic carboxylic acids is 2. The Morgan fingerprint density at radius 2 is 1.83 bits per heavy atom. The van der Waals surface area contributed by atoms with Gasteiger partial charge in [0.15, 0.2) is 0 Å². The van der Waals surface area contributed by atoms with E-state index in [2.05, 4.69) is 4.98 Å². The summed E-state index contributed by atoms with van der Waals surface area (Å²) in [7, 11) is 0. The van der Waals surface area contributed by atoms with E-state index < -0.39 is 11.9 Å². The van der Waals surface area contributed by atoms with Crippen LogP contribution in [0.5, 0.6) is 0 Å². The molecule has 1 aromatic heterocycles. The molecule has 5 nitrogen and oxygen atoms in total. The van der Waals surface area contributed by atoms with Gasteiger partial charge in [0.05, 0.1) is 5.56 Å². The van der Waals surface area contributed by atoms with E-state index in [9.17, 15) is 9.59 Å². The molecule has 0 radical (unpaired) electrons. The van der Waals surface area contributed by atoms with Crippen LogP contribution in [0.1, 0.15) is 20.8 Å². The Hall–Kier alpha value is -1.49. The number of aromatic nitrogens is 1. The van der Waals surface area contributed by atoms with Gasteiger partial charge in [-0.25, -0.2) is 9.59 Å². The third-order valence-electron chi connectivity index (χ3n) is 1.16. The fourth-order valence-corrected chi connectivity index (χ4v) is 0.641. The normalized spacial score (nSPS) is 8.67. The highest BCUT2D eigenvalue weighted by Crippen LogP contribution is 2.02. The summed E-state index contributed by atoms with van der Waals surface area (Å²) in [4.78, 5) is 22.7. The summed E-state index contributed by atoms with van der Waals surface area (Å²) >= 11 is 0. The molecule has 6 heteroatoms. The van der Waals surface area contributed by atoms with Gasteiger partial charge >= 0.3 is 11.9 Å². The molecule has 0 bridgehead atoms. The molecule has 0 saturated carbocycles. The highest BCUT2D eigenvalue weighted by Gasteiger charge is 2.09. The zero-order chi connectivity index (χ0) is 8.43. The van der Waals surface area contributed by atoms with Gasteiger partial charge in [-0.3, -0.25) is 0 Å². The maximum Gasteiger partial charge on any atom is 0.352 e. The van der Waals surface area contributed by atoms with Crippen molar-refractivity contribution in [2.75, 3.05) is 0 Å². The van der Waals surface area contributed by atoms with Gasteiger partial charge in [0.2, 0.25) is 0 Å². The molecule has 66 valence electrons. The number of H-pyrrole nitrogens is 1. The minimum atomic E-state index is -1.17. The van der Waals surface area contributed by atoms with E-state index in [1.165, 1.54) is 0 Å². The van der Waals surface area contributed by atoms with Crippen LogP contribution in [0.2, 0.25) is 0 Å². The lowest BCUT2D eigenvalue weighted by Gasteiger charge is -1.82. The Kier molecular flexibility index (Phi) is 3.30. The summed E-state index contributed by atoms with van der Waals surface area (Å²) in [5.74, 6) is -2.31. The van der Waals surface area contributed by atoms with E-state index in [1.807, 2.05) is 0 Å². The predicted molar refractivity (Wildman–Crippen MR) is 42.0 cm³/mol. The number of halogens is 1. The number of rotatable bonds is 2. The maximum absolute atomic E-state index is 10.2. The van der Waals surface area contributed by atoms with Gasteiger partial charge in [-0.1, -0.05) is 0 Å². The number of carbonyl (C=O) groups is 2. The van der Waals surface area contributed by atoms with Crippen molar-refractivity contribution < 1.29 is 19.8 Å². The fraction of sp³-hybridized carbons (Fsp3) is 0. The molecule has 0 atom stereocenters. The van der Waals surface area contributed by atoms with E-state index in [4.69, 9.17) is 10.2 Å². The SMILES string of the molecule is Cl.O=C(O)c1c[nH]c(C(=O)O)c1. The van der Waals surface area contributed by atoms with Crippen LogP contribution in [-0.4, -0.2) is 27.1 Å². The van der Waals surface area contributed by atoms with Crippen molar-refractivity contribution in [2.24, 2.45) is 0 Å². The van der Waals surface area contributed by atoms with Crippen molar-refractivity contribution in [1.82, 2.24) is 4.98 Å². The molecule has 0 amide bonds. The first-order chi connectivity index (χ1) is 5.11. The molecule has 0 aliphatic rings. The van der Waals surface area contributed by atoms with Gasteiger partial charge in [0.1, 0.15) is 5.69 Å². The minimum absolute atomic E-state index is 0. The van der Waals surface area contributed by atoms with Crippen LogP contribution in [0.25, 0.3) is 0 Å². The molecule has 1 rings (SSSR count). The summed E-state index contributed by atoms with van der Waals surface area (Å²) < 4.78 is 0. The Morgan fingerprint density at radius 1 is 1.25 bits per heavy atom. The summed E-state index contributed by atoms with van der Waals surface area (Å²) in [5.41, 5.74) is -0.176. The van der Waals surface area contributed by atoms with Crippen molar-refractivity contribution in [1.29, 1.82) is 0 Å². The molecule has 0 unspecified atom stereocenters.